The average molecular weight is 266 g/mol. The number of hydrogen-bond donors (Lipinski definition) is 2. The molecule has 2 N–H and O–H groups in total. The van der Waals surface area contributed by atoms with Crippen LogP contribution in [0.15, 0.2) is 4.42 Å². The van der Waals surface area contributed by atoms with Crippen molar-refractivity contribution in [3.63, 3.8) is 0 Å². The third kappa shape index (κ3) is 2.34. The van der Waals surface area contributed by atoms with Crippen molar-refractivity contribution in [2.75, 3.05) is 0 Å². The predicted octanol–water partition coefficient (Wildman–Crippen LogP) is 1.66. The number of hydrogen-bond acceptors (Lipinski definition) is 4. The van der Waals surface area contributed by atoms with Crippen molar-refractivity contribution in [2.45, 2.75) is 46.1 Å². The van der Waals surface area contributed by atoms with Gasteiger partial charge in [0.05, 0.1) is 11.1 Å². The molecule has 1 aliphatic carbocycles. The quantitative estimate of drug-likeness (QED) is 0.868. The van der Waals surface area contributed by atoms with Gasteiger partial charge in [-0.25, -0.2) is 4.98 Å². The number of carboxylic acids is 1. The maximum atomic E-state index is 12.1. The highest BCUT2D eigenvalue weighted by Gasteiger charge is 2.46. The van der Waals surface area contributed by atoms with Crippen LogP contribution < -0.4 is 5.32 Å². The van der Waals surface area contributed by atoms with E-state index >= 15 is 0 Å². The Morgan fingerprint density at radius 2 is 2.16 bits per heavy atom. The summed E-state index contributed by atoms with van der Waals surface area (Å²) in [5.41, 5.74) is -0.386. The van der Waals surface area contributed by atoms with Crippen LogP contribution in [0, 0.1) is 19.3 Å². The van der Waals surface area contributed by atoms with Gasteiger partial charge >= 0.3 is 5.97 Å². The third-order valence-electron chi connectivity index (χ3n) is 3.86. The molecule has 0 bridgehead atoms. The zero-order valence-electron chi connectivity index (χ0n) is 11.3. The molecule has 0 spiro atoms. The zero-order valence-corrected chi connectivity index (χ0v) is 11.3. The SMILES string of the molecule is Cc1nc(C)c(C(=O)NC2CCCC2(C)C(=O)O)o1. The van der Waals surface area contributed by atoms with Gasteiger partial charge in [0.15, 0.2) is 5.89 Å². The van der Waals surface area contributed by atoms with Gasteiger partial charge in [-0.3, -0.25) is 9.59 Å². The Morgan fingerprint density at radius 1 is 1.47 bits per heavy atom. The lowest BCUT2D eigenvalue weighted by molar-refractivity contribution is -0.148. The number of carboxylic acid groups (broad SMARTS) is 1. The second-order valence-electron chi connectivity index (χ2n) is 5.29. The van der Waals surface area contributed by atoms with E-state index in [4.69, 9.17) is 4.42 Å². The summed E-state index contributed by atoms with van der Waals surface area (Å²) in [5.74, 6) is -0.676. The standard InChI is InChI=1S/C13H18N2O4/c1-7-10(19-8(2)14-7)11(16)15-9-5-4-6-13(9,3)12(17)18/h9H,4-6H2,1-3H3,(H,15,16)(H,17,18). The summed E-state index contributed by atoms with van der Waals surface area (Å²) in [5, 5.41) is 12.1. The Kier molecular flexibility index (Phi) is 3.34. The minimum absolute atomic E-state index is 0.164. The summed E-state index contributed by atoms with van der Waals surface area (Å²) in [6.07, 6.45) is 2.03. The van der Waals surface area contributed by atoms with Crippen LogP contribution in [0.2, 0.25) is 0 Å². The number of carbonyl (C=O) groups excluding carboxylic acids is 1. The molecule has 0 radical (unpaired) electrons. The largest absolute Gasteiger partial charge is 0.481 e. The summed E-state index contributed by atoms with van der Waals surface area (Å²) >= 11 is 0. The Morgan fingerprint density at radius 3 is 2.68 bits per heavy atom. The number of aromatic nitrogens is 1. The van der Waals surface area contributed by atoms with E-state index in [1.165, 1.54) is 0 Å². The minimum Gasteiger partial charge on any atom is -0.481 e. The molecule has 0 saturated heterocycles. The zero-order chi connectivity index (χ0) is 14.2. The van der Waals surface area contributed by atoms with Crippen molar-refractivity contribution in [3.05, 3.63) is 17.3 Å². The first-order chi connectivity index (χ1) is 8.84. The fourth-order valence-electron chi connectivity index (χ4n) is 2.62. The van der Waals surface area contributed by atoms with Gasteiger partial charge in [-0.05, 0) is 26.7 Å². The molecule has 6 nitrogen and oxygen atoms in total. The van der Waals surface area contributed by atoms with Crippen molar-refractivity contribution >= 4 is 11.9 Å². The molecule has 19 heavy (non-hydrogen) atoms. The van der Waals surface area contributed by atoms with Crippen molar-refractivity contribution in [2.24, 2.45) is 5.41 Å². The van der Waals surface area contributed by atoms with E-state index in [0.29, 0.717) is 24.4 Å². The second kappa shape index (κ2) is 4.68. The first-order valence-electron chi connectivity index (χ1n) is 6.33. The van der Waals surface area contributed by atoms with Gasteiger partial charge < -0.3 is 14.8 Å². The smallest absolute Gasteiger partial charge is 0.311 e. The van der Waals surface area contributed by atoms with Crippen molar-refractivity contribution in [1.29, 1.82) is 0 Å². The topological polar surface area (TPSA) is 92.4 Å². The molecule has 6 heteroatoms. The average Bonchev–Trinajstić information content (AvgIpc) is 2.84. The molecule has 1 saturated carbocycles. The van der Waals surface area contributed by atoms with Crippen LogP contribution in [0.5, 0.6) is 0 Å². The Hall–Kier alpha value is -1.85. The van der Waals surface area contributed by atoms with Crippen LogP contribution in [0.3, 0.4) is 0 Å². The molecule has 2 atom stereocenters. The van der Waals surface area contributed by atoms with E-state index in [1.54, 1.807) is 20.8 Å². The molecule has 1 heterocycles. The summed E-state index contributed by atoms with van der Waals surface area (Å²) in [7, 11) is 0. The molecule has 104 valence electrons. The van der Waals surface area contributed by atoms with E-state index in [2.05, 4.69) is 10.3 Å². The monoisotopic (exact) mass is 266 g/mol. The van der Waals surface area contributed by atoms with Crippen LogP contribution >= 0.6 is 0 Å². The van der Waals surface area contributed by atoms with Crippen molar-refractivity contribution in [3.8, 4) is 0 Å². The number of carbonyl (C=O) groups is 2. The first-order valence-corrected chi connectivity index (χ1v) is 6.33. The molecule has 1 amide bonds. The van der Waals surface area contributed by atoms with Gasteiger partial charge in [0.2, 0.25) is 5.76 Å². The Balaban J connectivity index is 2.15. The maximum Gasteiger partial charge on any atom is 0.311 e. The molecular weight excluding hydrogens is 248 g/mol. The fraction of sp³-hybridized carbons (Fsp3) is 0.615. The van der Waals surface area contributed by atoms with E-state index in [1.807, 2.05) is 0 Å². The second-order valence-corrected chi connectivity index (χ2v) is 5.29. The van der Waals surface area contributed by atoms with Gasteiger partial charge in [-0.2, -0.15) is 0 Å². The number of rotatable bonds is 3. The Labute approximate surface area is 111 Å². The normalized spacial score (nSPS) is 26.4. The van der Waals surface area contributed by atoms with E-state index < -0.39 is 17.3 Å². The minimum atomic E-state index is -0.904. The molecular formula is C13H18N2O4. The van der Waals surface area contributed by atoms with Crippen molar-refractivity contribution < 1.29 is 19.1 Å². The lowest BCUT2D eigenvalue weighted by Gasteiger charge is -2.27. The number of aryl methyl sites for hydroxylation is 2. The van der Waals surface area contributed by atoms with Gasteiger partial charge in [0, 0.05) is 13.0 Å². The molecule has 1 aromatic heterocycles. The highest BCUT2D eigenvalue weighted by atomic mass is 16.4. The van der Waals surface area contributed by atoms with Crippen LogP contribution in [-0.2, 0) is 4.79 Å². The number of nitrogens with one attached hydrogen (secondary N) is 1. The predicted molar refractivity (Wildman–Crippen MR) is 66.8 cm³/mol. The molecule has 2 rings (SSSR count). The highest BCUT2D eigenvalue weighted by Crippen LogP contribution is 2.38. The van der Waals surface area contributed by atoms with E-state index in [0.717, 1.165) is 6.42 Å². The van der Waals surface area contributed by atoms with Crippen LogP contribution in [0.4, 0.5) is 0 Å². The molecule has 0 aliphatic heterocycles. The lowest BCUT2D eigenvalue weighted by atomic mass is 9.85. The Bertz CT molecular complexity index is 523. The van der Waals surface area contributed by atoms with Crippen LogP contribution in [-0.4, -0.2) is 28.0 Å². The number of nitrogens with zero attached hydrogens (tertiary/aromatic N) is 1. The highest BCUT2D eigenvalue weighted by molar-refractivity contribution is 5.93. The fourth-order valence-corrected chi connectivity index (χ4v) is 2.62. The number of aliphatic carboxylic acids is 1. The number of amides is 1. The summed E-state index contributed by atoms with van der Waals surface area (Å²) in [6.45, 7) is 5.03. The third-order valence-corrected chi connectivity index (χ3v) is 3.86. The van der Waals surface area contributed by atoms with Gasteiger partial charge in [-0.15, -0.1) is 0 Å². The van der Waals surface area contributed by atoms with Crippen LogP contribution in [0.25, 0.3) is 0 Å². The molecule has 1 aromatic rings. The molecule has 2 unspecified atom stereocenters. The molecule has 1 fully saturated rings. The maximum absolute atomic E-state index is 12.1. The number of oxazole rings is 1. The van der Waals surface area contributed by atoms with E-state index in [-0.39, 0.29) is 11.8 Å². The summed E-state index contributed by atoms with van der Waals surface area (Å²) in [6, 6.07) is -0.373. The summed E-state index contributed by atoms with van der Waals surface area (Å²) < 4.78 is 5.24. The summed E-state index contributed by atoms with van der Waals surface area (Å²) in [4.78, 5) is 27.5. The van der Waals surface area contributed by atoms with Gasteiger partial charge in [0.25, 0.3) is 5.91 Å². The van der Waals surface area contributed by atoms with Crippen LogP contribution in [0.1, 0.15) is 48.3 Å². The molecule has 0 aromatic carbocycles. The van der Waals surface area contributed by atoms with Gasteiger partial charge in [0.1, 0.15) is 0 Å². The lowest BCUT2D eigenvalue weighted by Crippen LogP contribution is -2.47. The first kappa shape index (κ1) is 13.6. The van der Waals surface area contributed by atoms with Crippen molar-refractivity contribution in [1.82, 2.24) is 10.3 Å². The molecule has 1 aliphatic rings. The van der Waals surface area contributed by atoms with E-state index in [9.17, 15) is 14.7 Å². The van der Waals surface area contributed by atoms with Gasteiger partial charge in [-0.1, -0.05) is 6.42 Å².